The van der Waals surface area contributed by atoms with Crippen LogP contribution in [0.3, 0.4) is 0 Å². The molecule has 0 aliphatic carbocycles. The summed E-state index contributed by atoms with van der Waals surface area (Å²) in [5.41, 5.74) is 0. The van der Waals surface area contributed by atoms with Crippen molar-refractivity contribution in [2.24, 2.45) is 0 Å². The first-order valence-corrected chi connectivity index (χ1v) is 8.04. The zero-order valence-corrected chi connectivity index (χ0v) is 13.3. The predicted octanol–water partition coefficient (Wildman–Crippen LogP) is 5.57. The SMILES string of the molecule is CCCOc1ccc(OCCC)c2cc3ccccc3cc12. The Kier molecular flexibility index (Phi) is 4.47. The van der Waals surface area contributed by atoms with Gasteiger partial charge in [-0.3, -0.25) is 0 Å². The van der Waals surface area contributed by atoms with Crippen LogP contribution >= 0.6 is 0 Å². The van der Waals surface area contributed by atoms with Crippen molar-refractivity contribution in [1.29, 1.82) is 0 Å². The van der Waals surface area contributed by atoms with Crippen LogP contribution in [0.4, 0.5) is 0 Å². The largest absolute Gasteiger partial charge is 0.493 e. The molecule has 0 radical (unpaired) electrons. The van der Waals surface area contributed by atoms with Crippen molar-refractivity contribution in [2.75, 3.05) is 13.2 Å². The fourth-order valence-electron chi connectivity index (χ4n) is 2.65. The van der Waals surface area contributed by atoms with Crippen molar-refractivity contribution in [3.05, 3.63) is 48.5 Å². The minimum Gasteiger partial charge on any atom is -0.493 e. The third-order valence-corrected chi connectivity index (χ3v) is 3.73. The highest BCUT2D eigenvalue weighted by Gasteiger charge is 2.09. The maximum atomic E-state index is 5.92. The highest BCUT2D eigenvalue weighted by Crippen LogP contribution is 2.36. The van der Waals surface area contributed by atoms with Crippen LogP contribution in [0.1, 0.15) is 26.7 Å². The first-order valence-electron chi connectivity index (χ1n) is 8.04. The summed E-state index contributed by atoms with van der Waals surface area (Å²) in [5, 5.41) is 4.70. The van der Waals surface area contributed by atoms with E-state index in [0.717, 1.165) is 48.3 Å². The van der Waals surface area contributed by atoms with E-state index in [2.05, 4.69) is 50.2 Å². The molecule has 2 nitrogen and oxygen atoms in total. The Morgan fingerprint density at radius 3 is 1.55 bits per heavy atom. The minimum absolute atomic E-state index is 0.733. The molecule has 3 aromatic carbocycles. The van der Waals surface area contributed by atoms with Crippen molar-refractivity contribution < 1.29 is 9.47 Å². The molecule has 0 bridgehead atoms. The van der Waals surface area contributed by atoms with Crippen molar-refractivity contribution in [2.45, 2.75) is 26.7 Å². The lowest BCUT2D eigenvalue weighted by atomic mass is 10.0. The maximum Gasteiger partial charge on any atom is 0.127 e. The number of hydrogen-bond donors (Lipinski definition) is 0. The van der Waals surface area contributed by atoms with E-state index in [0.29, 0.717) is 0 Å². The Bertz CT molecular complexity index is 711. The monoisotopic (exact) mass is 294 g/mol. The zero-order chi connectivity index (χ0) is 15.4. The van der Waals surface area contributed by atoms with Gasteiger partial charge in [0.2, 0.25) is 0 Å². The lowest BCUT2D eigenvalue weighted by Gasteiger charge is -2.14. The number of hydrogen-bond acceptors (Lipinski definition) is 2. The second kappa shape index (κ2) is 6.69. The van der Waals surface area contributed by atoms with Gasteiger partial charge in [-0.25, -0.2) is 0 Å². The molecule has 0 N–H and O–H groups in total. The number of benzene rings is 3. The van der Waals surface area contributed by atoms with E-state index >= 15 is 0 Å². The Morgan fingerprint density at radius 1 is 0.682 bits per heavy atom. The number of fused-ring (bicyclic) bond motifs is 2. The Labute approximate surface area is 131 Å². The van der Waals surface area contributed by atoms with Gasteiger partial charge in [-0.1, -0.05) is 38.1 Å². The van der Waals surface area contributed by atoms with Crippen LogP contribution in [-0.2, 0) is 0 Å². The molecule has 0 atom stereocenters. The molecule has 0 spiro atoms. The topological polar surface area (TPSA) is 18.5 Å². The van der Waals surface area contributed by atoms with Crippen LogP contribution in [0, 0.1) is 0 Å². The quantitative estimate of drug-likeness (QED) is 0.553. The van der Waals surface area contributed by atoms with E-state index in [4.69, 9.17) is 9.47 Å². The van der Waals surface area contributed by atoms with Crippen molar-refractivity contribution in [3.8, 4) is 11.5 Å². The van der Waals surface area contributed by atoms with E-state index in [-0.39, 0.29) is 0 Å². The van der Waals surface area contributed by atoms with Gasteiger partial charge in [0.15, 0.2) is 0 Å². The van der Waals surface area contributed by atoms with Crippen molar-refractivity contribution >= 4 is 21.5 Å². The summed E-state index contributed by atoms with van der Waals surface area (Å²) in [5.74, 6) is 1.87. The molecule has 0 aromatic heterocycles. The molecule has 114 valence electrons. The molecule has 0 aliphatic heterocycles. The highest BCUT2D eigenvalue weighted by atomic mass is 16.5. The molecule has 0 heterocycles. The molecule has 0 aliphatic rings. The summed E-state index contributed by atoms with van der Waals surface area (Å²) in [4.78, 5) is 0. The van der Waals surface area contributed by atoms with Crippen molar-refractivity contribution in [3.63, 3.8) is 0 Å². The molecule has 0 amide bonds. The highest BCUT2D eigenvalue weighted by molar-refractivity contribution is 6.03. The first kappa shape index (κ1) is 14.7. The normalized spacial score (nSPS) is 11.0. The summed E-state index contributed by atoms with van der Waals surface area (Å²) < 4.78 is 11.8. The lowest BCUT2D eigenvalue weighted by molar-refractivity contribution is 0.314. The summed E-state index contributed by atoms with van der Waals surface area (Å²) in [7, 11) is 0. The van der Waals surface area contributed by atoms with Gasteiger partial charge in [0.25, 0.3) is 0 Å². The van der Waals surface area contributed by atoms with Gasteiger partial charge in [-0.05, 0) is 47.9 Å². The summed E-state index contributed by atoms with van der Waals surface area (Å²) in [6.07, 6.45) is 2.01. The number of ether oxygens (including phenoxy) is 2. The fourth-order valence-corrected chi connectivity index (χ4v) is 2.65. The van der Waals surface area contributed by atoms with Crippen LogP contribution in [0.2, 0.25) is 0 Å². The van der Waals surface area contributed by atoms with E-state index in [1.54, 1.807) is 0 Å². The van der Waals surface area contributed by atoms with E-state index in [1.807, 2.05) is 12.1 Å². The second-order valence-corrected chi connectivity index (χ2v) is 5.50. The molecule has 0 saturated heterocycles. The molecule has 0 fully saturated rings. The van der Waals surface area contributed by atoms with Crippen LogP contribution < -0.4 is 9.47 Å². The molecule has 3 aromatic rings. The molecule has 2 heteroatoms. The van der Waals surface area contributed by atoms with E-state index < -0.39 is 0 Å². The van der Waals surface area contributed by atoms with Crippen LogP contribution in [0.25, 0.3) is 21.5 Å². The molecule has 3 rings (SSSR count). The number of rotatable bonds is 6. The molecule has 0 unspecified atom stereocenters. The zero-order valence-electron chi connectivity index (χ0n) is 13.3. The average molecular weight is 294 g/mol. The lowest BCUT2D eigenvalue weighted by Crippen LogP contribution is -1.99. The third kappa shape index (κ3) is 2.87. The Morgan fingerprint density at radius 2 is 1.14 bits per heavy atom. The van der Waals surface area contributed by atoms with Gasteiger partial charge in [0, 0.05) is 10.8 Å². The van der Waals surface area contributed by atoms with Crippen LogP contribution in [0.5, 0.6) is 11.5 Å². The average Bonchev–Trinajstić information content (AvgIpc) is 2.57. The predicted molar refractivity (Wildman–Crippen MR) is 93.0 cm³/mol. The van der Waals surface area contributed by atoms with Gasteiger partial charge in [0.05, 0.1) is 13.2 Å². The Balaban J connectivity index is 2.18. The maximum absolute atomic E-state index is 5.92. The summed E-state index contributed by atoms with van der Waals surface area (Å²) in [6, 6.07) is 16.9. The Hall–Kier alpha value is -2.22. The fraction of sp³-hybridized carbons (Fsp3) is 0.300. The van der Waals surface area contributed by atoms with Gasteiger partial charge in [-0.2, -0.15) is 0 Å². The first-order chi connectivity index (χ1) is 10.8. The summed E-state index contributed by atoms with van der Waals surface area (Å²) >= 11 is 0. The van der Waals surface area contributed by atoms with E-state index in [1.165, 1.54) is 10.8 Å². The molecule has 0 saturated carbocycles. The van der Waals surface area contributed by atoms with Gasteiger partial charge in [-0.15, -0.1) is 0 Å². The standard InChI is InChI=1S/C20H22O2/c1-3-11-21-19-9-10-20(22-12-4-2)18-14-16-8-6-5-7-15(16)13-17(18)19/h5-10,13-14H,3-4,11-12H2,1-2H3. The van der Waals surface area contributed by atoms with E-state index in [9.17, 15) is 0 Å². The van der Waals surface area contributed by atoms with Crippen molar-refractivity contribution in [1.82, 2.24) is 0 Å². The molecule has 22 heavy (non-hydrogen) atoms. The van der Waals surface area contributed by atoms with Crippen LogP contribution in [-0.4, -0.2) is 13.2 Å². The smallest absolute Gasteiger partial charge is 0.127 e. The second-order valence-electron chi connectivity index (χ2n) is 5.50. The van der Waals surface area contributed by atoms with Gasteiger partial charge < -0.3 is 9.47 Å². The third-order valence-electron chi connectivity index (χ3n) is 3.73. The molecular formula is C20H22O2. The van der Waals surface area contributed by atoms with Gasteiger partial charge in [0.1, 0.15) is 11.5 Å². The summed E-state index contributed by atoms with van der Waals surface area (Å²) in [6.45, 7) is 5.71. The van der Waals surface area contributed by atoms with Gasteiger partial charge >= 0.3 is 0 Å². The minimum atomic E-state index is 0.733. The van der Waals surface area contributed by atoms with Crippen LogP contribution in [0.15, 0.2) is 48.5 Å². The molecular weight excluding hydrogens is 272 g/mol.